The van der Waals surface area contributed by atoms with Gasteiger partial charge in [-0.25, -0.2) is 4.90 Å². The average Bonchev–Trinajstić information content (AvgIpc) is 2.95. The Hall–Kier alpha value is -2.27. The Kier molecular flexibility index (Phi) is 7.09. The van der Waals surface area contributed by atoms with Crippen molar-refractivity contribution in [3.8, 4) is 0 Å². The van der Waals surface area contributed by atoms with Crippen LogP contribution in [-0.4, -0.2) is 24.0 Å². The molecule has 0 fully saturated rings. The van der Waals surface area contributed by atoms with Crippen LogP contribution in [0.25, 0.3) is 0 Å². The van der Waals surface area contributed by atoms with E-state index in [1.807, 2.05) is 39.0 Å². The monoisotopic (exact) mass is 457 g/mol. The van der Waals surface area contributed by atoms with Gasteiger partial charge < -0.3 is 9.05 Å². The van der Waals surface area contributed by atoms with Crippen molar-refractivity contribution < 1.29 is 23.2 Å². The number of nitrogens with zero attached hydrogens (tertiary/aromatic N) is 1. The summed E-state index contributed by atoms with van der Waals surface area (Å²) in [7, 11) is -3.68. The van der Waals surface area contributed by atoms with Crippen LogP contribution in [0.15, 0.2) is 36.4 Å². The van der Waals surface area contributed by atoms with E-state index in [-0.39, 0.29) is 34.9 Å². The van der Waals surface area contributed by atoms with Crippen LogP contribution in [0, 0.1) is 0 Å². The SMILES string of the molecule is CCc1cccc(C(C)C)c1N1C(=O)c2ccc(P(=O)(OC(C)C)OC(C)C)cc2C1=O. The molecule has 1 aliphatic rings. The van der Waals surface area contributed by atoms with Crippen LogP contribution in [0.5, 0.6) is 0 Å². The zero-order valence-corrected chi connectivity index (χ0v) is 20.7. The van der Waals surface area contributed by atoms with Gasteiger partial charge >= 0.3 is 7.60 Å². The Morgan fingerprint density at radius 1 is 0.875 bits per heavy atom. The lowest BCUT2D eigenvalue weighted by atomic mass is 9.95. The van der Waals surface area contributed by atoms with Crippen molar-refractivity contribution in [3.05, 3.63) is 58.7 Å². The zero-order valence-electron chi connectivity index (χ0n) is 19.8. The first-order valence-electron chi connectivity index (χ1n) is 11.1. The highest BCUT2D eigenvalue weighted by atomic mass is 31.2. The third-order valence-corrected chi connectivity index (χ3v) is 7.57. The fourth-order valence-electron chi connectivity index (χ4n) is 3.94. The molecule has 172 valence electrons. The maximum Gasteiger partial charge on any atom is 0.361 e. The molecule has 0 aliphatic carbocycles. The molecule has 2 amide bonds. The molecule has 0 bridgehead atoms. The van der Waals surface area contributed by atoms with Crippen LogP contribution < -0.4 is 10.2 Å². The van der Waals surface area contributed by atoms with Crippen LogP contribution in [0.2, 0.25) is 0 Å². The largest absolute Gasteiger partial charge is 0.361 e. The van der Waals surface area contributed by atoms with Gasteiger partial charge in [0.1, 0.15) is 0 Å². The molecule has 1 heterocycles. The number of benzene rings is 2. The van der Waals surface area contributed by atoms with Gasteiger partial charge in [-0.3, -0.25) is 14.2 Å². The average molecular weight is 458 g/mol. The number of carbonyl (C=O) groups is 2. The molecular weight excluding hydrogens is 425 g/mol. The molecule has 2 aromatic carbocycles. The zero-order chi connectivity index (χ0) is 23.8. The second kappa shape index (κ2) is 9.30. The van der Waals surface area contributed by atoms with Gasteiger partial charge in [-0.2, -0.15) is 0 Å². The van der Waals surface area contributed by atoms with E-state index < -0.39 is 13.5 Å². The Morgan fingerprint density at radius 2 is 1.47 bits per heavy atom. The fourth-order valence-corrected chi connectivity index (χ4v) is 5.89. The standard InChI is InChI=1S/C25H32NO5P/c1-8-18-10-9-11-20(15(2)3)23(18)26-24(27)21-13-12-19(14-22(21)25(26)28)32(29,30-16(4)5)31-17(6)7/h9-17H,8H2,1-7H3. The number of anilines is 1. The Labute approximate surface area is 190 Å². The summed E-state index contributed by atoms with van der Waals surface area (Å²) in [6, 6.07) is 10.5. The van der Waals surface area contributed by atoms with Crippen molar-refractivity contribution >= 4 is 30.4 Å². The molecule has 0 saturated carbocycles. The molecule has 0 atom stereocenters. The van der Waals surface area contributed by atoms with Crippen molar-refractivity contribution in [2.75, 3.05) is 4.90 Å². The number of hydrogen-bond donors (Lipinski definition) is 0. The van der Waals surface area contributed by atoms with Gasteiger partial charge in [-0.1, -0.05) is 39.0 Å². The lowest BCUT2D eigenvalue weighted by Crippen LogP contribution is -2.31. The fraction of sp³-hybridized carbons (Fsp3) is 0.440. The summed E-state index contributed by atoms with van der Waals surface area (Å²) in [5, 5.41) is 0.273. The number of aryl methyl sites for hydroxylation is 1. The number of fused-ring (bicyclic) bond motifs is 1. The first kappa shape index (κ1) is 24.4. The van der Waals surface area contributed by atoms with E-state index in [0.717, 1.165) is 11.1 Å². The van der Waals surface area contributed by atoms with Crippen LogP contribution in [0.1, 0.15) is 86.2 Å². The summed E-state index contributed by atoms with van der Waals surface area (Å²) in [6.07, 6.45) is 0.00666. The number of para-hydroxylation sites is 1. The van der Waals surface area contributed by atoms with Gasteiger partial charge in [0.05, 0.1) is 34.3 Å². The molecule has 0 spiro atoms. The van der Waals surface area contributed by atoms with Crippen LogP contribution in [-0.2, 0) is 20.0 Å². The van der Waals surface area contributed by atoms with Gasteiger partial charge in [0.15, 0.2) is 0 Å². The predicted molar refractivity (Wildman–Crippen MR) is 127 cm³/mol. The van der Waals surface area contributed by atoms with E-state index in [1.165, 1.54) is 11.0 Å². The molecule has 32 heavy (non-hydrogen) atoms. The first-order chi connectivity index (χ1) is 15.0. The van der Waals surface area contributed by atoms with Gasteiger partial charge in [0, 0.05) is 0 Å². The Bertz CT molecular complexity index is 1080. The van der Waals surface area contributed by atoms with Crippen molar-refractivity contribution in [2.45, 2.75) is 73.0 Å². The van der Waals surface area contributed by atoms with E-state index in [0.29, 0.717) is 17.7 Å². The molecule has 0 N–H and O–H groups in total. The Morgan fingerprint density at radius 3 is 2.00 bits per heavy atom. The second-order valence-electron chi connectivity index (χ2n) is 8.84. The quantitative estimate of drug-likeness (QED) is 0.368. The highest BCUT2D eigenvalue weighted by molar-refractivity contribution is 7.62. The summed E-state index contributed by atoms with van der Waals surface area (Å²) < 4.78 is 24.9. The molecular formula is C25H32NO5P. The highest BCUT2D eigenvalue weighted by Crippen LogP contribution is 2.50. The van der Waals surface area contributed by atoms with Crippen molar-refractivity contribution in [2.24, 2.45) is 0 Å². The number of imide groups is 1. The lowest BCUT2D eigenvalue weighted by Gasteiger charge is -2.23. The second-order valence-corrected chi connectivity index (χ2v) is 10.8. The van der Waals surface area contributed by atoms with E-state index in [9.17, 15) is 14.2 Å². The molecule has 0 unspecified atom stereocenters. The van der Waals surface area contributed by atoms with Crippen LogP contribution in [0.3, 0.4) is 0 Å². The van der Waals surface area contributed by atoms with Crippen molar-refractivity contribution in [1.29, 1.82) is 0 Å². The molecule has 7 heteroatoms. The number of rotatable bonds is 8. The summed E-state index contributed by atoms with van der Waals surface area (Å²) in [5.74, 6) is -0.658. The molecule has 6 nitrogen and oxygen atoms in total. The summed E-state index contributed by atoms with van der Waals surface area (Å²) in [6.45, 7) is 13.2. The van der Waals surface area contributed by atoms with Gasteiger partial charge in [0.2, 0.25) is 0 Å². The van der Waals surface area contributed by atoms with Crippen molar-refractivity contribution in [3.63, 3.8) is 0 Å². The van der Waals surface area contributed by atoms with Gasteiger partial charge in [-0.15, -0.1) is 0 Å². The summed E-state index contributed by atoms with van der Waals surface area (Å²) >= 11 is 0. The van der Waals surface area contributed by atoms with Gasteiger partial charge in [0.25, 0.3) is 11.8 Å². The highest BCUT2D eigenvalue weighted by Gasteiger charge is 2.41. The minimum absolute atomic E-state index is 0.135. The summed E-state index contributed by atoms with van der Waals surface area (Å²) in [5.41, 5.74) is 3.03. The van der Waals surface area contributed by atoms with Crippen LogP contribution in [0.4, 0.5) is 5.69 Å². The van der Waals surface area contributed by atoms with Crippen molar-refractivity contribution in [1.82, 2.24) is 0 Å². The first-order valence-corrected chi connectivity index (χ1v) is 12.7. The molecule has 0 radical (unpaired) electrons. The molecule has 1 aliphatic heterocycles. The maximum absolute atomic E-state index is 13.6. The van der Waals surface area contributed by atoms with Gasteiger partial charge in [-0.05, 0) is 69.4 Å². The smallest absolute Gasteiger partial charge is 0.302 e. The molecule has 0 saturated heterocycles. The molecule has 2 aromatic rings. The Balaban J connectivity index is 2.13. The molecule has 3 rings (SSSR count). The van der Waals surface area contributed by atoms with E-state index >= 15 is 0 Å². The minimum atomic E-state index is -3.68. The normalized spacial score (nSPS) is 14.2. The number of hydrogen-bond acceptors (Lipinski definition) is 5. The summed E-state index contributed by atoms with van der Waals surface area (Å²) in [4.78, 5) is 28.1. The van der Waals surface area contributed by atoms with E-state index in [4.69, 9.17) is 9.05 Å². The third kappa shape index (κ3) is 4.45. The maximum atomic E-state index is 13.6. The topological polar surface area (TPSA) is 72.9 Å². The lowest BCUT2D eigenvalue weighted by molar-refractivity contribution is 0.0925. The number of amides is 2. The van der Waals surface area contributed by atoms with E-state index in [1.54, 1.807) is 39.8 Å². The molecule has 0 aromatic heterocycles. The third-order valence-electron chi connectivity index (χ3n) is 5.26. The van der Waals surface area contributed by atoms with Crippen LogP contribution >= 0.6 is 7.60 Å². The number of carbonyl (C=O) groups excluding carboxylic acids is 2. The predicted octanol–water partition coefficient (Wildman–Crippen LogP) is 5.84. The minimum Gasteiger partial charge on any atom is -0.302 e. The van der Waals surface area contributed by atoms with E-state index in [2.05, 4.69) is 0 Å².